The van der Waals surface area contributed by atoms with Gasteiger partial charge in [0.2, 0.25) is 0 Å². The molecule has 1 N–H and O–H groups in total. The number of aryl methyl sites for hydroxylation is 1. The molecule has 0 heterocycles. The maximum atomic E-state index is 12.6. The van der Waals surface area contributed by atoms with Crippen molar-refractivity contribution < 1.29 is 23.4 Å². The van der Waals surface area contributed by atoms with Crippen molar-refractivity contribution in [1.29, 1.82) is 0 Å². The van der Waals surface area contributed by atoms with Crippen molar-refractivity contribution in [3.8, 4) is 17.2 Å². The largest absolute Gasteiger partial charge is 0.508 e. The lowest BCUT2D eigenvalue weighted by Gasteiger charge is -2.18. The molecule has 2 unspecified atom stereocenters. The normalized spacial score (nSPS) is 18.9. The average molecular weight is 547 g/mol. The van der Waals surface area contributed by atoms with Crippen LogP contribution < -0.4 is 9.47 Å². The van der Waals surface area contributed by atoms with E-state index in [0.29, 0.717) is 18.1 Å². The van der Waals surface area contributed by atoms with Crippen LogP contribution in [0.1, 0.15) is 80.0 Å². The van der Waals surface area contributed by atoms with E-state index in [-0.39, 0.29) is 25.1 Å². The lowest BCUT2D eigenvalue weighted by Crippen LogP contribution is -2.12. The van der Waals surface area contributed by atoms with Gasteiger partial charge < -0.3 is 14.6 Å². The summed E-state index contributed by atoms with van der Waals surface area (Å²) in [6.07, 6.45) is 10.3. The lowest BCUT2D eigenvalue weighted by molar-refractivity contribution is 0.203. The molecule has 0 bridgehead atoms. The Hall–Kier alpha value is -3.34. The molecule has 40 heavy (non-hydrogen) atoms. The second kappa shape index (κ2) is 13.8. The van der Waals surface area contributed by atoms with Crippen LogP contribution in [-0.2, 0) is 6.42 Å². The standard InChI is InChI=1S/C35H40F2O3/c36-20-3-1-2-5-25-8-14-32(23-25)40-31-17-11-27(12-18-31)35-33(26-9-15-30(16-10-26)39-22-21-37)7-4-6-28-24-29(38)13-19-34(28)35/h9-13,15-19,24-25,32,38H,1-8,14,20-23H2. The maximum Gasteiger partial charge on any atom is 0.123 e. The summed E-state index contributed by atoms with van der Waals surface area (Å²) in [5.41, 5.74) is 6.95. The number of phenols is 1. The first-order valence-corrected chi connectivity index (χ1v) is 14.8. The molecule has 212 valence electrons. The van der Waals surface area contributed by atoms with Gasteiger partial charge in [-0.15, -0.1) is 0 Å². The number of fused-ring (bicyclic) bond motifs is 1. The van der Waals surface area contributed by atoms with Crippen LogP contribution in [0.25, 0.3) is 11.1 Å². The zero-order valence-electron chi connectivity index (χ0n) is 23.2. The van der Waals surface area contributed by atoms with Gasteiger partial charge in [0.1, 0.15) is 30.5 Å². The third kappa shape index (κ3) is 7.04. The number of halogens is 2. The van der Waals surface area contributed by atoms with E-state index < -0.39 is 6.67 Å². The second-order valence-corrected chi connectivity index (χ2v) is 11.1. The number of phenolic OH excluding ortho intramolecular Hbond substituents is 1. The summed E-state index contributed by atoms with van der Waals surface area (Å²) in [7, 11) is 0. The van der Waals surface area contributed by atoms with Gasteiger partial charge in [0, 0.05) is 0 Å². The van der Waals surface area contributed by atoms with Crippen molar-refractivity contribution >= 4 is 11.1 Å². The number of hydrogen-bond donors (Lipinski definition) is 1. The summed E-state index contributed by atoms with van der Waals surface area (Å²) in [5, 5.41) is 10.2. The van der Waals surface area contributed by atoms with Gasteiger partial charge in [-0.05, 0) is 121 Å². The molecular weight excluding hydrogens is 506 g/mol. The number of benzene rings is 3. The van der Waals surface area contributed by atoms with Crippen molar-refractivity contribution in [2.45, 2.75) is 70.3 Å². The van der Waals surface area contributed by atoms with Gasteiger partial charge in [0.25, 0.3) is 0 Å². The molecule has 2 aliphatic rings. The minimum absolute atomic E-state index is 0.0561. The molecule has 5 rings (SSSR count). The Balaban J connectivity index is 1.38. The van der Waals surface area contributed by atoms with Crippen LogP contribution in [0.5, 0.6) is 17.2 Å². The van der Waals surface area contributed by atoms with Crippen molar-refractivity contribution in [3.05, 3.63) is 89.0 Å². The van der Waals surface area contributed by atoms with E-state index >= 15 is 0 Å². The van der Waals surface area contributed by atoms with Crippen LogP contribution >= 0.6 is 0 Å². The van der Waals surface area contributed by atoms with Crippen LogP contribution in [0.4, 0.5) is 8.78 Å². The van der Waals surface area contributed by atoms with Crippen molar-refractivity contribution in [2.24, 2.45) is 5.92 Å². The molecule has 3 nitrogen and oxygen atoms in total. The summed E-state index contributed by atoms with van der Waals surface area (Å²) in [6, 6.07) is 22.1. The molecule has 0 aromatic heterocycles. The summed E-state index contributed by atoms with van der Waals surface area (Å²) in [6.45, 7) is -0.661. The highest BCUT2D eigenvalue weighted by atomic mass is 19.1. The molecule has 1 saturated carbocycles. The maximum absolute atomic E-state index is 12.6. The number of allylic oxidation sites excluding steroid dienone is 1. The highest BCUT2D eigenvalue weighted by Crippen LogP contribution is 2.41. The molecule has 0 radical (unpaired) electrons. The van der Waals surface area contributed by atoms with Gasteiger partial charge in [-0.3, -0.25) is 4.39 Å². The number of rotatable bonds is 12. The predicted molar refractivity (Wildman–Crippen MR) is 158 cm³/mol. The SMILES string of the molecule is Oc1ccc2c(c1)CCCC(c1ccc(OCCF)cc1)=C2c1ccc(OC2CCC(CCCCCF)C2)cc1. The fourth-order valence-corrected chi connectivity index (χ4v) is 6.30. The quantitative estimate of drug-likeness (QED) is 0.230. The van der Waals surface area contributed by atoms with E-state index in [2.05, 4.69) is 36.4 Å². The van der Waals surface area contributed by atoms with Crippen molar-refractivity contribution in [3.63, 3.8) is 0 Å². The second-order valence-electron chi connectivity index (χ2n) is 11.1. The van der Waals surface area contributed by atoms with E-state index in [0.717, 1.165) is 72.9 Å². The molecule has 3 aromatic rings. The van der Waals surface area contributed by atoms with Gasteiger partial charge in [-0.2, -0.15) is 0 Å². The third-order valence-electron chi connectivity index (χ3n) is 8.27. The Labute approximate surface area is 236 Å². The molecule has 0 spiro atoms. The molecule has 0 aliphatic heterocycles. The number of alkyl halides is 2. The Morgan fingerprint density at radius 2 is 1.55 bits per heavy atom. The van der Waals surface area contributed by atoms with Gasteiger partial charge in [0.05, 0.1) is 12.8 Å². The number of aromatic hydroxyl groups is 1. The molecule has 5 heteroatoms. The van der Waals surface area contributed by atoms with Gasteiger partial charge in [0.15, 0.2) is 0 Å². The van der Waals surface area contributed by atoms with E-state index in [9.17, 15) is 13.9 Å². The first kappa shape index (κ1) is 28.2. The van der Waals surface area contributed by atoms with Crippen LogP contribution in [0, 0.1) is 5.92 Å². The predicted octanol–water partition coefficient (Wildman–Crippen LogP) is 9.11. The zero-order valence-corrected chi connectivity index (χ0v) is 23.2. The first-order chi connectivity index (χ1) is 19.6. The summed E-state index contributed by atoms with van der Waals surface area (Å²) < 4.78 is 36.8. The van der Waals surface area contributed by atoms with Gasteiger partial charge >= 0.3 is 0 Å². The lowest BCUT2D eigenvalue weighted by atomic mass is 9.88. The van der Waals surface area contributed by atoms with Crippen molar-refractivity contribution in [2.75, 3.05) is 20.0 Å². The fraction of sp³-hybridized carbons (Fsp3) is 0.429. The molecule has 2 aliphatic carbocycles. The topological polar surface area (TPSA) is 38.7 Å². The Morgan fingerprint density at radius 1 is 0.775 bits per heavy atom. The minimum atomic E-state index is -0.511. The molecule has 3 aromatic carbocycles. The van der Waals surface area contributed by atoms with Crippen LogP contribution in [0.2, 0.25) is 0 Å². The van der Waals surface area contributed by atoms with E-state index in [1.165, 1.54) is 24.0 Å². The van der Waals surface area contributed by atoms with Gasteiger partial charge in [-0.25, -0.2) is 4.39 Å². The van der Waals surface area contributed by atoms with E-state index in [1.807, 2.05) is 24.3 Å². The zero-order chi connectivity index (χ0) is 27.7. The van der Waals surface area contributed by atoms with Crippen LogP contribution in [0.3, 0.4) is 0 Å². The van der Waals surface area contributed by atoms with Crippen molar-refractivity contribution in [1.82, 2.24) is 0 Å². The minimum Gasteiger partial charge on any atom is -0.508 e. The number of ether oxygens (including phenoxy) is 2. The summed E-state index contributed by atoms with van der Waals surface area (Å²) in [4.78, 5) is 0. The Kier molecular flexibility index (Phi) is 9.75. The van der Waals surface area contributed by atoms with Gasteiger partial charge in [-0.1, -0.05) is 49.6 Å². The molecule has 0 amide bonds. The monoisotopic (exact) mass is 546 g/mol. The van der Waals surface area contributed by atoms with Crippen LogP contribution in [0.15, 0.2) is 66.7 Å². The highest BCUT2D eigenvalue weighted by Gasteiger charge is 2.26. The summed E-state index contributed by atoms with van der Waals surface area (Å²) >= 11 is 0. The number of unbranched alkanes of at least 4 members (excludes halogenated alkanes) is 2. The smallest absolute Gasteiger partial charge is 0.123 e. The molecule has 1 fully saturated rings. The first-order valence-electron chi connectivity index (χ1n) is 14.8. The van der Waals surface area contributed by atoms with Crippen LogP contribution in [-0.4, -0.2) is 31.2 Å². The summed E-state index contributed by atoms with van der Waals surface area (Å²) in [5.74, 6) is 2.53. The Bertz CT molecular complexity index is 1270. The molecular formula is C35H40F2O3. The average Bonchev–Trinajstić information content (AvgIpc) is 3.33. The third-order valence-corrected chi connectivity index (χ3v) is 8.27. The number of hydrogen-bond acceptors (Lipinski definition) is 3. The van der Waals surface area contributed by atoms with E-state index in [4.69, 9.17) is 9.47 Å². The van der Waals surface area contributed by atoms with E-state index in [1.54, 1.807) is 6.07 Å². The molecule has 0 saturated heterocycles. The molecule has 2 atom stereocenters. The fourth-order valence-electron chi connectivity index (χ4n) is 6.30. The Morgan fingerprint density at radius 3 is 2.33 bits per heavy atom. The highest BCUT2D eigenvalue weighted by molar-refractivity contribution is 6.00.